The van der Waals surface area contributed by atoms with Gasteiger partial charge in [-0.1, -0.05) is 6.07 Å². The second-order valence-electron chi connectivity index (χ2n) is 5.50. The van der Waals surface area contributed by atoms with E-state index in [-0.39, 0.29) is 0 Å². The second kappa shape index (κ2) is 7.23. The number of benzene rings is 1. The molecule has 6 nitrogen and oxygen atoms in total. The van der Waals surface area contributed by atoms with Crippen LogP contribution in [0.3, 0.4) is 0 Å². The standard InChI is InChI=1S/C18H20N4O2/c1-13-10-22(12-20-13)16-5-4-14(8-17(16)24-3)9-18-19-7-6-15(21-18)11-23-2/h4-8,10,12H,9,11H2,1-3H3. The van der Waals surface area contributed by atoms with Gasteiger partial charge in [-0.15, -0.1) is 0 Å². The van der Waals surface area contributed by atoms with Gasteiger partial charge in [0, 0.05) is 25.9 Å². The Labute approximate surface area is 141 Å². The van der Waals surface area contributed by atoms with E-state index in [1.165, 1.54) is 0 Å². The van der Waals surface area contributed by atoms with Crippen LogP contribution in [-0.4, -0.2) is 33.7 Å². The predicted octanol–water partition coefficient (Wildman–Crippen LogP) is 2.72. The van der Waals surface area contributed by atoms with Crippen molar-refractivity contribution in [1.29, 1.82) is 0 Å². The first-order valence-corrected chi connectivity index (χ1v) is 7.67. The number of hydrogen-bond donors (Lipinski definition) is 0. The number of hydrogen-bond acceptors (Lipinski definition) is 5. The summed E-state index contributed by atoms with van der Waals surface area (Å²) in [6.45, 7) is 2.44. The van der Waals surface area contributed by atoms with Gasteiger partial charge in [-0.3, -0.25) is 0 Å². The Balaban J connectivity index is 1.86. The lowest BCUT2D eigenvalue weighted by Crippen LogP contribution is -2.02. The summed E-state index contributed by atoms with van der Waals surface area (Å²) < 4.78 is 12.6. The van der Waals surface area contributed by atoms with Crippen molar-refractivity contribution in [2.75, 3.05) is 14.2 Å². The molecule has 0 amide bonds. The van der Waals surface area contributed by atoms with Crippen LogP contribution >= 0.6 is 0 Å². The fourth-order valence-corrected chi connectivity index (χ4v) is 2.54. The summed E-state index contributed by atoms with van der Waals surface area (Å²) in [5, 5.41) is 0. The van der Waals surface area contributed by atoms with Gasteiger partial charge < -0.3 is 14.0 Å². The molecule has 6 heteroatoms. The molecule has 124 valence electrons. The first-order chi connectivity index (χ1) is 11.7. The number of methoxy groups -OCH3 is 2. The molecule has 0 spiro atoms. The summed E-state index contributed by atoms with van der Waals surface area (Å²) in [6.07, 6.45) is 6.15. The van der Waals surface area contributed by atoms with E-state index in [9.17, 15) is 0 Å². The van der Waals surface area contributed by atoms with Gasteiger partial charge in [-0.2, -0.15) is 0 Å². The van der Waals surface area contributed by atoms with Gasteiger partial charge in [0.05, 0.1) is 37.1 Å². The Hall–Kier alpha value is -2.73. The molecule has 3 aromatic rings. The van der Waals surface area contributed by atoms with Crippen LogP contribution in [0.2, 0.25) is 0 Å². The van der Waals surface area contributed by atoms with Gasteiger partial charge in [-0.05, 0) is 30.7 Å². The van der Waals surface area contributed by atoms with E-state index in [2.05, 4.69) is 21.0 Å². The zero-order chi connectivity index (χ0) is 16.9. The highest BCUT2D eigenvalue weighted by Gasteiger charge is 2.09. The van der Waals surface area contributed by atoms with Crippen LogP contribution in [0.15, 0.2) is 43.0 Å². The topological polar surface area (TPSA) is 62.1 Å². The van der Waals surface area contributed by atoms with Crippen LogP contribution in [0.25, 0.3) is 5.69 Å². The molecule has 0 atom stereocenters. The molecular weight excluding hydrogens is 304 g/mol. The maximum absolute atomic E-state index is 5.54. The highest BCUT2D eigenvalue weighted by molar-refractivity contribution is 5.49. The van der Waals surface area contributed by atoms with E-state index in [1.807, 2.05) is 35.9 Å². The lowest BCUT2D eigenvalue weighted by molar-refractivity contribution is 0.181. The third-order valence-electron chi connectivity index (χ3n) is 3.65. The van der Waals surface area contributed by atoms with Crippen LogP contribution in [0.1, 0.15) is 22.8 Å². The first kappa shape index (κ1) is 16.1. The second-order valence-corrected chi connectivity index (χ2v) is 5.50. The molecule has 0 bridgehead atoms. The van der Waals surface area contributed by atoms with E-state index in [1.54, 1.807) is 26.7 Å². The molecule has 0 radical (unpaired) electrons. The van der Waals surface area contributed by atoms with E-state index < -0.39 is 0 Å². The molecule has 0 aliphatic heterocycles. The minimum absolute atomic E-state index is 0.484. The predicted molar refractivity (Wildman–Crippen MR) is 90.4 cm³/mol. The molecule has 0 fully saturated rings. The molecule has 0 saturated heterocycles. The van der Waals surface area contributed by atoms with Crippen molar-refractivity contribution in [2.45, 2.75) is 20.0 Å². The summed E-state index contributed by atoms with van der Waals surface area (Å²) in [4.78, 5) is 13.1. The molecule has 2 aromatic heterocycles. The van der Waals surface area contributed by atoms with Crippen LogP contribution in [-0.2, 0) is 17.8 Å². The molecule has 3 rings (SSSR count). The van der Waals surface area contributed by atoms with Crippen molar-refractivity contribution in [3.63, 3.8) is 0 Å². The molecular formula is C18H20N4O2. The smallest absolute Gasteiger partial charge is 0.143 e. The Bertz CT molecular complexity index is 829. The average molecular weight is 324 g/mol. The van der Waals surface area contributed by atoms with Gasteiger partial charge in [0.25, 0.3) is 0 Å². The fourth-order valence-electron chi connectivity index (χ4n) is 2.54. The maximum Gasteiger partial charge on any atom is 0.143 e. The van der Waals surface area contributed by atoms with Gasteiger partial charge in [0.2, 0.25) is 0 Å². The molecule has 2 heterocycles. The lowest BCUT2D eigenvalue weighted by atomic mass is 10.1. The van der Waals surface area contributed by atoms with E-state index >= 15 is 0 Å². The molecule has 1 aromatic carbocycles. The number of ether oxygens (including phenoxy) is 2. The third kappa shape index (κ3) is 3.60. The van der Waals surface area contributed by atoms with Crippen molar-refractivity contribution in [3.8, 4) is 11.4 Å². The summed E-state index contributed by atoms with van der Waals surface area (Å²) in [5.74, 6) is 1.55. The summed E-state index contributed by atoms with van der Waals surface area (Å²) in [6, 6.07) is 7.95. The van der Waals surface area contributed by atoms with Crippen molar-refractivity contribution in [2.24, 2.45) is 0 Å². The number of imidazole rings is 1. The summed E-state index contributed by atoms with van der Waals surface area (Å²) in [7, 11) is 3.32. The largest absolute Gasteiger partial charge is 0.495 e. The van der Waals surface area contributed by atoms with Crippen molar-refractivity contribution in [1.82, 2.24) is 19.5 Å². The minimum Gasteiger partial charge on any atom is -0.495 e. The van der Waals surface area contributed by atoms with Crippen molar-refractivity contribution >= 4 is 0 Å². The van der Waals surface area contributed by atoms with Crippen LogP contribution in [0, 0.1) is 6.92 Å². The number of aryl methyl sites for hydroxylation is 1. The first-order valence-electron chi connectivity index (χ1n) is 7.67. The Kier molecular flexibility index (Phi) is 4.86. The SMILES string of the molecule is COCc1ccnc(Cc2ccc(-n3cnc(C)c3)c(OC)c2)n1. The summed E-state index contributed by atoms with van der Waals surface area (Å²) in [5.41, 5.74) is 3.88. The van der Waals surface area contributed by atoms with Gasteiger partial charge >= 0.3 is 0 Å². The number of rotatable bonds is 6. The fraction of sp³-hybridized carbons (Fsp3) is 0.278. The lowest BCUT2D eigenvalue weighted by Gasteiger charge is -2.11. The Morgan fingerprint density at radius 1 is 1.12 bits per heavy atom. The van der Waals surface area contributed by atoms with Crippen molar-refractivity contribution < 1.29 is 9.47 Å². The minimum atomic E-state index is 0.484. The van der Waals surface area contributed by atoms with E-state index in [0.717, 1.165) is 34.2 Å². The van der Waals surface area contributed by atoms with Gasteiger partial charge in [-0.25, -0.2) is 15.0 Å². The zero-order valence-corrected chi connectivity index (χ0v) is 14.1. The van der Waals surface area contributed by atoms with E-state index in [0.29, 0.717) is 13.0 Å². The number of aromatic nitrogens is 4. The highest BCUT2D eigenvalue weighted by atomic mass is 16.5. The maximum atomic E-state index is 5.54. The van der Waals surface area contributed by atoms with Crippen LogP contribution in [0.5, 0.6) is 5.75 Å². The molecule has 0 unspecified atom stereocenters. The molecule has 24 heavy (non-hydrogen) atoms. The quantitative estimate of drug-likeness (QED) is 0.697. The zero-order valence-electron chi connectivity index (χ0n) is 14.1. The monoisotopic (exact) mass is 324 g/mol. The molecule has 0 aliphatic carbocycles. The van der Waals surface area contributed by atoms with Crippen molar-refractivity contribution in [3.05, 3.63) is 65.8 Å². The van der Waals surface area contributed by atoms with E-state index in [4.69, 9.17) is 9.47 Å². The summed E-state index contributed by atoms with van der Waals surface area (Å²) >= 11 is 0. The van der Waals surface area contributed by atoms with Crippen LogP contribution in [0.4, 0.5) is 0 Å². The van der Waals surface area contributed by atoms with Gasteiger partial charge in [0.1, 0.15) is 11.6 Å². The average Bonchev–Trinajstić information content (AvgIpc) is 3.01. The normalized spacial score (nSPS) is 10.8. The number of nitrogens with zero attached hydrogens (tertiary/aromatic N) is 4. The third-order valence-corrected chi connectivity index (χ3v) is 3.65. The molecule has 0 N–H and O–H groups in total. The molecule has 0 aliphatic rings. The van der Waals surface area contributed by atoms with Crippen LogP contribution < -0.4 is 4.74 Å². The highest BCUT2D eigenvalue weighted by Crippen LogP contribution is 2.25. The molecule has 0 saturated carbocycles. The Morgan fingerprint density at radius 2 is 2.00 bits per heavy atom. The Morgan fingerprint density at radius 3 is 2.71 bits per heavy atom. The van der Waals surface area contributed by atoms with Gasteiger partial charge in [0.15, 0.2) is 0 Å².